The molecule has 3 rings (SSSR count). The van der Waals surface area contributed by atoms with E-state index < -0.39 is 0 Å². The third kappa shape index (κ3) is 5.96. The summed E-state index contributed by atoms with van der Waals surface area (Å²) in [6.45, 7) is 5.44. The summed E-state index contributed by atoms with van der Waals surface area (Å²) < 4.78 is 11.7. The summed E-state index contributed by atoms with van der Waals surface area (Å²) in [5, 5.41) is 5.30. The number of benzene rings is 3. The second kappa shape index (κ2) is 10.1. The molecule has 0 spiro atoms. The quantitative estimate of drug-likeness (QED) is 0.384. The Hall–Kier alpha value is -2.07. The molecule has 0 heterocycles. The van der Waals surface area contributed by atoms with Gasteiger partial charge < -0.3 is 14.8 Å². The normalized spacial score (nSPS) is 10.7. The fourth-order valence-electron chi connectivity index (χ4n) is 2.75. The molecule has 0 aliphatic heterocycles. The topological polar surface area (TPSA) is 30.5 Å². The fourth-order valence-corrected chi connectivity index (χ4v) is 3.39. The Kier molecular flexibility index (Phi) is 7.54. The van der Waals surface area contributed by atoms with Crippen molar-refractivity contribution in [3.05, 3.63) is 86.4 Å². The zero-order chi connectivity index (χ0) is 20.8. The molecule has 0 atom stereocenters. The van der Waals surface area contributed by atoms with Crippen molar-refractivity contribution in [2.45, 2.75) is 27.0 Å². The minimum absolute atomic E-state index is 0.329. The van der Waals surface area contributed by atoms with E-state index in [1.54, 1.807) is 12.1 Å². The van der Waals surface area contributed by atoms with Gasteiger partial charge in [-0.3, -0.25) is 0 Å². The average Bonchev–Trinajstić information content (AvgIpc) is 2.69. The Balaban J connectivity index is 1.69. The van der Waals surface area contributed by atoms with Gasteiger partial charge in [0.1, 0.15) is 6.61 Å². The summed E-state index contributed by atoms with van der Waals surface area (Å²) >= 11 is 18.4. The minimum atomic E-state index is 0.329. The van der Waals surface area contributed by atoms with Gasteiger partial charge in [0, 0.05) is 32.9 Å². The van der Waals surface area contributed by atoms with Gasteiger partial charge in [-0.2, -0.15) is 0 Å². The first kappa shape index (κ1) is 21.6. The van der Waals surface area contributed by atoms with Gasteiger partial charge in [0.2, 0.25) is 0 Å². The van der Waals surface area contributed by atoms with E-state index >= 15 is 0 Å². The maximum Gasteiger partial charge on any atom is 0.161 e. The second-order valence-corrected chi connectivity index (χ2v) is 7.81. The molecular weight excluding hydrogens is 429 g/mol. The van der Waals surface area contributed by atoms with E-state index in [1.165, 1.54) is 0 Å². The zero-order valence-corrected chi connectivity index (χ0v) is 18.5. The van der Waals surface area contributed by atoms with Crippen LogP contribution in [0.2, 0.25) is 15.1 Å². The lowest BCUT2D eigenvalue weighted by Crippen LogP contribution is -2.03. The van der Waals surface area contributed by atoms with E-state index in [0.717, 1.165) is 27.4 Å². The molecule has 0 radical (unpaired) electrons. The highest BCUT2D eigenvalue weighted by molar-refractivity contribution is 6.35. The van der Waals surface area contributed by atoms with E-state index in [-0.39, 0.29) is 0 Å². The molecule has 0 aliphatic rings. The van der Waals surface area contributed by atoms with Crippen LogP contribution in [0.4, 0.5) is 5.69 Å². The number of ether oxygens (including phenoxy) is 2. The molecule has 0 saturated heterocycles. The predicted octanol–water partition coefficient (Wildman–Crippen LogP) is 7.55. The Morgan fingerprint density at radius 2 is 1.66 bits per heavy atom. The van der Waals surface area contributed by atoms with Crippen LogP contribution in [-0.4, -0.2) is 6.61 Å². The first-order chi connectivity index (χ1) is 14.0. The van der Waals surface area contributed by atoms with Gasteiger partial charge in [-0.1, -0.05) is 53.0 Å². The van der Waals surface area contributed by atoms with Gasteiger partial charge in [-0.25, -0.2) is 0 Å². The Morgan fingerprint density at radius 1 is 0.828 bits per heavy atom. The maximum atomic E-state index is 6.23. The molecule has 6 heteroatoms. The van der Waals surface area contributed by atoms with Crippen LogP contribution >= 0.6 is 34.8 Å². The summed E-state index contributed by atoms with van der Waals surface area (Å²) in [5.74, 6) is 1.36. The lowest BCUT2D eigenvalue weighted by molar-refractivity contribution is 0.269. The molecule has 0 aromatic heterocycles. The standard InChI is InChI=1S/C23H22Cl3NO2/c1-3-28-23-10-16(13-27-19-8-4-15(2)20(25)12-19)5-9-22(23)29-14-17-6-7-18(24)11-21(17)26/h4-12,27H,3,13-14H2,1-2H3. The number of rotatable bonds is 8. The van der Waals surface area contributed by atoms with Gasteiger partial charge in [0.05, 0.1) is 6.61 Å². The summed E-state index contributed by atoms with van der Waals surface area (Å²) in [6, 6.07) is 17.2. The largest absolute Gasteiger partial charge is 0.490 e. The van der Waals surface area contributed by atoms with Crippen LogP contribution in [0.25, 0.3) is 0 Å². The first-order valence-corrected chi connectivity index (χ1v) is 10.4. The first-order valence-electron chi connectivity index (χ1n) is 9.28. The van der Waals surface area contributed by atoms with Crippen LogP contribution in [0, 0.1) is 6.92 Å². The van der Waals surface area contributed by atoms with Crippen molar-refractivity contribution in [3.8, 4) is 11.5 Å². The monoisotopic (exact) mass is 449 g/mol. The molecule has 3 aromatic carbocycles. The lowest BCUT2D eigenvalue weighted by Gasteiger charge is -2.15. The van der Waals surface area contributed by atoms with E-state index in [2.05, 4.69) is 5.32 Å². The van der Waals surface area contributed by atoms with Crippen LogP contribution in [0.15, 0.2) is 54.6 Å². The molecule has 0 unspecified atom stereocenters. The van der Waals surface area contributed by atoms with E-state index in [0.29, 0.717) is 41.3 Å². The Morgan fingerprint density at radius 3 is 2.38 bits per heavy atom. The molecule has 0 amide bonds. The van der Waals surface area contributed by atoms with Crippen LogP contribution < -0.4 is 14.8 Å². The summed E-state index contributed by atoms with van der Waals surface area (Å²) in [6.07, 6.45) is 0. The number of anilines is 1. The van der Waals surface area contributed by atoms with Crippen LogP contribution in [0.1, 0.15) is 23.6 Å². The third-order valence-electron chi connectivity index (χ3n) is 4.37. The molecule has 0 fully saturated rings. The van der Waals surface area contributed by atoms with Crippen molar-refractivity contribution in [3.63, 3.8) is 0 Å². The Labute approximate surface area is 186 Å². The van der Waals surface area contributed by atoms with Crippen molar-refractivity contribution in [1.82, 2.24) is 0 Å². The molecule has 0 bridgehead atoms. The van der Waals surface area contributed by atoms with E-state index in [4.69, 9.17) is 44.3 Å². The molecular formula is C23H22Cl3NO2. The van der Waals surface area contributed by atoms with E-state index in [1.807, 2.05) is 56.3 Å². The predicted molar refractivity (Wildman–Crippen MR) is 122 cm³/mol. The van der Waals surface area contributed by atoms with Crippen LogP contribution in [-0.2, 0) is 13.2 Å². The molecule has 29 heavy (non-hydrogen) atoms. The zero-order valence-electron chi connectivity index (χ0n) is 16.3. The van der Waals surface area contributed by atoms with Crippen molar-refractivity contribution in [2.75, 3.05) is 11.9 Å². The summed E-state index contributed by atoms with van der Waals surface area (Å²) in [4.78, 5) is 0. The van der Waals surface area contributed by atoms with Gasteiger partial charge in [0.25, 0.3) is 0 Å². The number of hydrogen-bond donors (Lipinski definition) is 1. The van der Waals surface area contributed by atoms with Crippen molar-refractivity contribution in [1.29, 1.82) is 0 Å². The smallest absolute Gasteiger partial charge is 0.161 e. The Bertz CT molecular complexity index is 992. The molecule has 3 nitrogen and oxygen atoms in total. The summed E-state index contributed by atoms with van der Waals surface area (Å²) in [7, 11) is 0. The van der Waals surface area contributed by atoms with Crippen molar-refractivity contribution < 1.29 is 9.47 Å². The number of nitrogens with one attached hydrogen (secondary N) is 1. The summed E-state index contributed by atoms with van der Waals surface area (Å²) in [5.41, 5.74) is 3.96. The molecule has 1 N–H and O–H groups in total. The second-order valence-electron chi connectivity index (χ2n) is 6.56. The number of halogens is 3. The molecule has 0 aliphatic carbocycles. The lowest BCUT2D eigenvalue weighted by atomic mass is 10.1. The third-order valence-corrected chi connectivity index (χ3v) is 5.37. The van der Waals surface area contributed by atoms with Gasteiger partial charge in [-0.15, -0.1) is 0 Å². The van der Waals surface area contributed by atoms with Gasteiger partial charge >= 0.3 is 0 Å². The number of hydrogen-bond acceptors (Lipinski definition) is 3. The highest BCUT2D eigenvalue weighted by atomic mass is 35.5. The average molecular weight is 451 g/mol. The van der Waals surface area contributed by atoms with Gasteiger partial charge in [0.15, 0.2) is 11.5 Å². The SMILES string of the molecule is CCOc1cc(CNc2ccc(C)c(Cl)c2)ccc1OCc1ccc(Cl)cc1Cl. The van der Waals surface area contributed by atoms with Crippen molar-refractivity contribution >= 4 is 40.5 Å². The fraction of sp³-hybridized carbons (Fsp3) is 0.217. The highest BCUT2D eigenvalue weighted by Crippen LogP contribution is 2.31. The van der Waals surface area contributed by atoms with Crippen LogP contribution in [0.3, 0.4) is 0 Å². The minimum Gasteiger partial charge on any atom is -0.490 e. The molecule has 3 aromatic rings. The van der Waals surface area contributed by atoms with Crippen LogP contribution in [0.5, 0.6) is 11.5 Å². The van der Waals surface area contributed by atoms with Gasteiger partial charge in [-0.05, 0) is 61.4 Å². The molecule has 0 saturated carbocycles. The maximum absolute atomic E-state index is 6.23. The highest BCUT2D eigenvalue weighted by Gasteiger charge is 2.09. The van der Waals surface area contributed by atoms with E-state index in [9.17, 15) is 0 Å². The van der Waals surface area contributed by atoms with Crippen molar-refractivity contribution in [2.24, 2.45) is 0 Å². The molecule has 152 valence electrons. The number of aryl methyl sites for hydroxylation is 1.